The van der Waals surface area contributed by atoms with E-state index < -0.39 is 0 Å². The van der Waals surface area contributed by atoms with Crippen LogP contribution < -0.4 is 5.32 Å². The van der Waals surface area contributed by atoms with Gasteiger partial charge < -0.3 is 15.0 Å². The number of rotatable bonds is 8. The number of fused-ring (bicyclic) bond motifs is 1. The number of carbonyl (C=O) groups is 2. The molecule has 1 saturated carbocycles. The summed E-state index contributed by atoms with van der Waals surface area (Å²) in [6.07, 6.45) is 6.31. The molecule has 1 unspecified atom stereocenters. The summed E-state index contributed by atoms with van der Waals surface area (Å²) in [6, 6.07) is 0.402. The van der Waals surface area contributed by atoms with E-state index >= 15 is 0 Å². The zero-order valence-corrected chi connectivity index (χ0v) is 14.7. The van der Waals surface area contributed by atoms with E-state index in [1.165, 1.54) is 5.57 Å². The van der Waals surface area contributed by atoms with Gasteiger partial charge in [-0.05, 0) is 37.7 Å². The molecule has 0 spiro atoms. The van der Waals surface area contributed by atoms with Gasteiger partial charge in [0.15, 0.2) is 0 Å². The van der Waals surface area contributed by atoms with E-state index in [1.807, 2.05) is 4.90 Å². The Morgan fingerprint density at radius 1 is 1.35 bits per heavy atom. The van der Waals surface area contributed by atoms with Crippen LogP contribution in [-0.2, 0) is 14.3 Å². The van der Waals surface area contributed by atoms with Gasteiger partial charge in [-0.1, -0.05) is 20.3 Å². The van der Waals surface area contributed by atoms with Gasteiger partial charge >= 0.3 is 0 Å². The molecule has 1 aliphatic heterocycles. The predicted octanol–water partition coefficient (Wildman–Crippen LogP) is 2.41. The minimum atomic E-state index is -0.0209. The van der Waals surface area contributed by atoms with Crippen LogP contribution in [0.3, 0.4) is 0 Å². The van der Waals surface area contributed by atoms with Gasteiger partial charge in [0.1, 0.15) is 0 Å². The van der Waals surface area contributed by atoms with Crippen molar-refractivity contribution in [3.8, 4) is 0 Å². The molecule has 1 fully saturated rings. The summed E-state index contributed by atoms with van der Waals surface area (Å²) in [4.78, 5) is 27.0. The number of nitrogens with one attached hydrogen (secondary N) is 1. The van der Waals surface area contributed by atoms with Crippen molar-refractivity contribution in [1.29, 1.82) is 0 Å². The molecule has 0 aromatic heterocycles. The Bertz CT molecular complexity index is 469. The summed E-state index contributed by atoms with van der Waals surface area (Å²) < 4.78 is 5.14. The van der Waals surface area contributed by atoms with Crippen molar-refractivity contribution in [1.82, 2.24) is 10.2 Å². The Hall–Kier alpha value is -1.36. The van der Waals surface area contributed by atoms with Crippen LogP contribution in [0.25, 0.3) is 0 Å². The van der Waals surface area contributed by atoms with E-state index in [4.69, 9.17) is 4.74 Å². The number of methoxy groups -OCH3 is 1. The molecule has 2 aliphatic rings. The molecule has 23 heavy (non-hydrogen) atoms. The lowest BCUT2D eigenvalue weighted by Crippen LogP contribution is -2.39. The summed E-state index contributed by atoms with van der Waals surface area (Å²) in [5, 5.41) is 3.05. The minimum absolute atomic E-state index is 0.0209. The zero-order chi connectivity index (χ0) is 16.8. The second-order valence-electron chi connectivity index (χ2n) is 6.51. The van der Waals surface area contributed by atoms with E-state index in [0.29, 0.717) is 13.2 Å². The lowest BCUT2D eigenvalue weighted by atomic mass is 9.88. The first-order valence-corrected chi connectivity index (χ1v) is 8.93. The molecule has 5 heteroatoms. The van der Waals surface area contributed by atoms with E-state index in [1.54, 1.807) is 7.11 Å². The maximum absolute atomic E-state index is 12.8. The summed E-state index contributed by atoms with van der Waals surface area (Å²) in [5.74, 6) is 0.0242. The van der Waals surface area contributed by atoms with Gasteiger partial charge in [-0.25, -0.2) is 0 Å². The summed E-state index contributed by atoms with van der Waals surface area (Å²) in [7, 11) is 1.65. The molecule has 5 nitrogen and oxygen atoms in total. The highest BCUT2D eigenvalue weighted by atomic mass is 16.5. The summed E-state index contributed by atoms with van der Waals surface area (Å²) in [6.45, 7) is 5.30. The number of ether oxygens (including phenoxy) is 1. The average Bonchev–Trinajstić information content (AvgIpc) is 2.83. The number of nitrogens with zero attached hydrogens (tertiary/aromatic N) is 1. The SMILES string of the molecule is CCC(CC)NC(=O)CC1=C2CCCCC2N(CCOC)C1=O. The van der Waals surface area contributed by atoms with Crippen LogP contribution >= 0.6 is 0 Å². The van der Waals surface area contributed by atoms with Crippen LogP contribution in [0, 0.1) is 0 Å². The van der Waals surface area contributed by atoms with Gasteiger partial charge in [0.05, 0.1) is 19.1 Å². The van der Waals surface area contributed by atoms with Crippen molar-refractivity contribution >= 4 is 11.8 Å². The van der Waals surface area contributed by atoms with Crippen molar-refractivity contribution in [2.45, 2.75) is 70.9 Å². The molecule has 0 bridgehead atoms. The Labute approximate surface area is 139 Å². The number of carbonyl (C=O) groups excluding carboxylic acids is 2. The molecule has 2 rings (SSSR count). The molecule has 1 N–H and O–H groups in total. The number of amides is 2. The lowest BCUT2D eigenvalue weighted by molar-refractivity contribution is -0.129. The first kappa shape index (κ1) is 18.0. The first-order chi connectivity index (χ1) is 11.1. The Kier molecular flexibility index (Phi) is 6.63. The normalized spacial score (nSPS) is 21.1. The zero-order valence-electron chi connectivity index (χ0n) is 14.7. The van der Waals surface area contributed by atoms with Crippen LogP contribution in [0.2, 0.25) is 0 Å². The quantitative estimate of drug-likeness (QED) is 0.746. The number of hydrogen-bond donors (Lipinski definition) is 1. The third-order valence-corrected chi connectivity index (χ3v) is 5.08. The highest BCUT2D eigenvalue weighted by molar-refractivity contribution is 6.02. The number of hydrogen-bond acceptors (Lipinski definition) is 3. The van der Waals surface area contributed by atoms with Gasteiger partial charge in [-0.15, -0.1) is 0 Å². The highest BCUT2D eigenvalue weighted by Crippen LogP contribution is 2.37. The van der Waals surface area contributed by atoms with E-state index in [0.717, 1.165) is 44.1 Å². The van der Waals surface area contributed by atoms with Gasteiger partial charge in [0, 0.05) is 25.3 Å². The molecule has 130 valence electrons. The van der Waals surface area contributed by atoms with E-state index in [-0.39, 0.29) is 30.3 Å². The molecule has 1 aliphatic carbocycles. The van der Waals surface area contributed by atoms with Crippen molar-refractivity contribution in [2.24, 2.45) is 0 Å². The highest BCUT2D eigenvalue weighted by Gasteiger charge is 2.40. The molecule has 1 heterocycles. The second kappa shape index (κ2) is 8.48. The van der Waals surface area contributed by atoms with Crippen molar-refractivity contribution < 1.29 is 14.3 Å². The smallest absolute Gasteiger partial charge is 0.250 e. The summed E-state index contributed by atoms with van der Waals surface area (Å²) in [5.41, 5.74) is 1.95. The van der Waals surface area contributed by atoms with Crippen LogP contribution in [0.4, 0.5) is 0 Å². The minimum Gasteiger partial charge on any atom is -0.383 e. The Balaban J connectivity index is 2.08. The van der Waals surface area contributed by atoms with Crippen molar-refractivity contribution in [3.63, 3.8) is 0 Å². The molecular formula is C18H30N2O3. The average molecular weight is 322 g/mol. The van der Waals surface area contributed by atoms with Crippen LogP contribution in [0.15, 0.2) is 11.1 Å². The molecule has 0 aromatic carbocycles. The molecular weight excluding hydrogens is 292 g/mol. The van der Waals surface area contributed by atoms with Gasteiger partial charge in [0.25, 0.3) is 5.91 Å². The third-order valence-electron chi connectivity index (χ3n) is 5.08. The fourth-order valence-corrected chi connectivity index (χ4v) is 3.71. The van der Waals surface area contributed by atoms with Crippen molar-refractivity contribution in [2.75, 3.05) is 20.3 Å². The Morgan fingerprint density at radius 3 is 2.74 bits per heavy atom. The fourth-order valence-electron chi connectivity index (χ4n) is 3.71. The second-order valence-corrected chi connectivity index (χ2v) is 6.51. The van der Waals surface area contributed by atoms with Gasteiger partial charge in [-0.2, -0.15) is 0 Å². The van der Waals surface area contributed by atoms with Crippen LogP contribution in [0.1, 0.15) is 58.8 Å². The molecule has 0 radical (unpaired) electrons. The molecule has 0 saturated heterocycles. The third kappa shape index (κ3) is 4.14. The lowest BCUT2D eigenvalue weighted by Gasteiger charge is -2.29. The van der Waals surface area contributed by atoms with Crippen molar-refractivity contribution in [3.05, 3.63) is 11.1 Å². The molecule has 2 amide bonds. The summed E-state index contributed by atoms with van der Waals surface area (Å²) >= 11 is 0. The standard InChI is InChI=1S/C18H30N2O3/c1-4-13(5-2)19-17(21)12-15-14-8-6-7-9-16(14)20(18(15)22)10-11-23-3/h13,16H,4-12H2,1-3H3,(H,19,21). The first-order valence-electron chi connectivity index (χ1n) is 8.93. The largest absolute Gasteiger partial charge is 0.383 e. The maximum Gasteiger partial charge on any atom is 0.250 e. The van der Waals surface area contributed by atoms with E-state index in [2.05, 4.69) is 19.2 Å². The monoisotopic (exact) mass is 322 g/mol. The van der Waals surface area contributed by atoms with E-state index in [9.17, 15) is 9.59 Å². The topological polar surface area (TPSA) is 58.6 Å². The molecule has 0 aromatic rings. The van der Waals surface area contributed by atoms with Crippen LogP contribution in [-0.4, -0.2) is 49.1 Å². The predicted molar refractivity (Wildman–Crippen MR) is 90.0 cm³/mol. The Morgan fingerprint density at radius 2 is 2.09 bits per heavy atom. The van der Waals surface area contributed by atoms with Gasteiger partial charge in [0.2, 0.25) is 5.91 Å². The fraction of sp³-hybridized carbons (Fsp3) is 0.778. The maximum atomic E-state index is 12.8. The molecule has 1 atom stereocenters. The van der Waals surface area contributed by atoms with Gasteiger partial charge in [-0.3, -0.25) is 9.59 Å². The van der Waals surface area contributed by atoms with Crippen LogP contribution in [0.5, 0.6) is 0 Å².